The molecule has 124 valence electrons. The van der Waals surface area contributed by atoms with Crippen molar-refractivity contribution in [3.8, 4) is 16.9 Å². The molecule has 0 N–H and O–H groups in total. The third-order valence-corrected chi connectivity index (χ3v) is 3.69. The van der Waals surface area contributed by atoms with Crippen LogP contribution in [0.4, 0.5) is 13.2 Å². The third-order valence-electron chi connectivity index (χ3n) is 3.69. The van der Waals surface area contributed by atoms with Crippen LogP contribution in [-0.4, -0.2) is 13.9 Å². The van der Waals surface area contributed by atoms with Crippen molar-refractivity contribution in [1.29, 1.82) is 0 Å². The van der Waals surface area contributed by atoms with Gasteiger partial charge in [-0.15, -0.1) is 0 Å². The number of hydrogen-bond donors (Lipinski definition) is 0. The first kappa shape index (κ1) is 16.3. The molecule has 2 nitrogen and oxygen atoms in total. The fourth-order valence-corrected chi connectivity index (χ4v) is 2.70. The molecule has 0 heterocycles. The molecule has 24 heavy (non-hydrogen) atoms. The molecular formula is C19H15F3O2. The van der Waals surface area contributed by atoms with Crippen molar-refractivity contribution in [2.45, 2.75) is 6.18 Å². The fourth-order valence-electron chi connectivity index (χ4n) is 2.70. The maximum atomic E-state index is 13.7. The SMILES string of the molecule is COCOc1c(-c2ccccc2)c(C(F)(F)F)cc2ccccc12. The topological polar surface area (TPSA) is 18.5 Å². The Hall–Kier alpha value is -2.53. The van der Waals surface area contributed by atoms with Gasteiger partial charge in [-0.25, -0.2) is 0 Å². The van der Waals surface area contributed by atoms with E-state index in [4.69, 9.17) is 9.47 Å². The Morgan fingerprint density at radius 2 is 1.58 bits per heavy atom. The average Bonchev–Trinajstić information content (AvgIpc) is 2.59. The Morgan fingerprint density at radius 1 is 0.917 bits per heavy atom. The number of rotatable bonds is 4. The Labute approximate surface area is 137 Å². The summed E-state index contributed by atoms with van der Waals surface area (Å²) in [6.45, 7) is -0.134. The van der Waals surface area contributed by atoms with Crippen molar-refractivity contribution in [3.63, 3.8) is 0 Å². The van der Waals surface area contributed by atoms with Gasteiger partial charge in [0.1, 0.15) is 5.75 Å². The lowest BCUT2D eigenvalue weighted by Crippen LogP contribution is -2.10. The number of hydrogen-bond acceptors (Lipinski definition) is 2. The van der Waals surface area contributed by atoms with Gasteiger partial charge in [0.2, 0.25) is 0 Å². The molecule has 0 aromatic heterocycles. The average molecular weight is 332 g/mol. The Bertz CT molecular complexity index is 842. The van der Waals surface area contributed by atoms with Crippen LogP contribution in [0.25, 0.3) is 21.9 Å². The van der Waals surface area contributed by atoms with Crippen LogP contribution in [0.15, 0.2) is 60.7 Å². The van der Waals surface area contributed by atoms with Crippen molar-refractivity contribution in [3.05, 3.63) is 66.2 Å². The Balaban J connectivity index is 2.39. The minimum Gasteiger partial charge on any atom is -0.466 e. The summed E-state index contributed by atoms with van der Waals surface area (Å²) in [5.74, 6) is 0.175. The van der Waals surface area contributed by atoms with Gasteiger partial charge in [-0.05, 0) is 17.0 Å². The van der Waals surface area contributed by atoms with E-state index in [1.165, 1.54) is 7.11 Å². The fraction of sp³-hybridized carbons (Fsp3) is 0.158. The van der Waals surface area contributed by atoms with Crippen LogP contribution in [-0.2, 0) is 10.9 Å². The van der Waals surface area contributed by atoms with E-state index in [0.29, 0.717) is 16.3 Å². The molecule has 0 aliphatic carbocycles. The number of methoxy groups -OCH3 is 1. The maximum absolute atomic E-state index is 13.7. The van der Waals surface area contributed by atoms with Crippen LogP contribution in [0.2, 0.25) is 0 Å². The minimum absolute atomic E-state index is 0.0267. The van der Waals surface area contributed by atoms with Gasteiger partial charge in [0.05, 0.1) is 5.56 Å². The van der Waals surface area contributed by atoms with Crippen molar-refractivity contribution in [1.82, 2.24) is 0 Å². The lowest BCUT2D eigenvalue weighted by molar-refractivity contribution is -0.137. The van der Waals surface area contributed by atoms with Gasteiger partial charge in [0.15, 0.2) is 6.79 Å². The zero-order valence-electron chi connectivity index (χ0n) is 12.9. The van der Waals surface area contributed by atoms with Gasteiger partial charge in [0.25, 0.3) is 0 Å². The lowest BCUT2D eigenvalue weighted by atomic mass is 9.93. The quantitative estimate of drug-likeness (QED) is 0.587. The summed E-state index contributed by atoms with van der Waals surface area (Å²) in [5.41, 5.74) is -0.251. The predicted octanol–water partition coefficient (Wildman–Crippen LogP) is 5.51. The second-order valence-corrected chi connectivity index (χ2v) is 5.26. The standard InChI is InChI=1S/C19H15F3O2/c1-23-12-24-18-15-10-6-5-9-14(15)11-16(19(20,21)22)17(18)13-7-3-2-4-8-13/h2-11H,12H2,1H3. The molecule has 5 heteroatoms. The number of alkyl halides is 3. The summed E-state index contributed by atoms with van der Waals surface area (Å²) in [7, 11) is 1.43. The molecule has 0 amide bonds. The number of fused-ring (bicyclic) bond motifs is 1. The van der Waals surface area contributed by atoms with Crippen molar-refractivity contribution < 1.29 is 22.6 Å². The van der Waals surface area contributed by atoms with Crippen LogP contribution in [0.3, 0.4) is 0 Å². The van der Waals surface area contributed by atoms with Crippen LogP contribution < -0.4 is 4.74 Å². The van der Waals surface area contributed by atoms with Gasteiger partial charge in [-0.2, -0.15) is 13.2 Å². The molecule has 0 bridgehead atoms. The van der Waals surface area contributed by atoms with Gasteiger partial charge in [-0.3, -0.25) is 0 Å². The summed E-state index contributed by atoms with van der Waals surface area (Å²) in [6, 6.07) is 16.4. The second kappa shape index (κ2) is 6.53. The highest BCUT2D eigenvalue weighted by Crippen LogP contribution is 2.46. The molecule has 0 aliphatic rings. The number of ether oxygens (including phenoxy) is 2. The highest BCUT2D eigenvalue weighted by molar-refractivity contribution is 5.97. The molecule has 0 saturated carbocycles. The maximum Gasteiger partial charge on any atom is 0.417 e. The summed E-state index contributed by atoms with van der Waals surface area (Å²) < 4.78 is 51.5. The van der Waals surface area contributed by atoms with Crippen LogP contribution in [0.1, 0.15) is 5.56 Å². The number of halogens is 3. The van der Waals surface area contributed by atoms with E-state index in [0.717, 1.165) is 6.07 Å². The molecule has 3 aromatic rings. The molecule has 3 rings (SSSR count). The smallest absolute Gasteiger partial charge is 0.417 e. The van der Waals surface area contributed by atoms with E-state index in [-0.39, 0.29) is 18.1 Å². The van der Waals surface area contributed by atoms with E-state index < -0.39 is 11.7 Å². The molecule has 0 unspecified atom stereocenters. The van der Waals surface area contributed by atoms with Gasteiger partial charge < -0.3 is 9.47 Å². The van der Waals surface area contributed by atoms with Crippen LogP contribution >= 0.6 is 0 Å². The first-order valence-corrected chi connectivity index (χ1v) is 7.32. The first-order valence-electron chi connectivity index (χ1n) is 7.32. The van der Waals surface area contributed by atoms with Gasteiger partial charge in [-0.1, -0.05) is 54.6 Å². The molecule has 0 fully saturated rings. The lowest BCUT2D eigenvalue weighted by Gasteiger charge is -2.20. The third kappa shape index (κ3) is 3.08. The zero-order valence-corrected chi connectivity index (χ0v) is 12.9. The first-order chi connectivity index (χ1) is 11.5. The second-order valence-electron chi connectivity index (χ2n) is 5.26. The highest BCUT2D eigenvalue weighted by Gasteiger charge is 2.36. The summed E-state index contributed by atoms with van der Waals surface area (Å²) in [5, 5.41) is 1.08. The zero-order chi connectivity index (χ0) is 17.2. The highest BCUT2D eigenvalue weighted by atomic mass is 19.4. The van der Waals surface area contributed by atoms with E-state index in [1.54, 1.807) is 54.6 Å². The monoisotopic (exact) mass is 332 g/mol. The molecular weight excluding hydrogens is 317 g/mol. The van der Waals surface area contributed by atoms with Crippen LogP contribution in [0.5, 0.6) is 5.75 Å². The van der Waals surface area contributed by atoms with Crippen molar-refractivity contribution in [2.75, 3.05) is 13.9 Å². The summed E-state index contributed by atoms with van der Waals surface area (Å²) in [6.07, 6.45) is -4.50. The van der Waals surface area contributed by atoms with E-state index in [9.17, 15) is 13.2 Å². The molecule has 3 aromatic carbocycles. The van der Waals surface area contributed by atoms with E-state index >= 15 is 0 Å². The van der Waals surface area contributed by atoms with Gasteiger partial charge in [0, 0.05) is 18.1 Å². The largest absolute Gasteiger partial charge is 0.466 e. The van der Waals surface area contributed by atoms with Crippen molar-refractivity contribution in [2.24, 2.45) is 0 Å². The Kier molecular flexibility index (Phi) is 4.44. The molecule has 0 atom stereocenters. The Morgan fingerprint density at radius 3 is 2.25 bits per heavy atom. The molecule has 0 radical (unpaired) electrons. The predicted molar refractivity (Wildman–Crippen MR) is 86.9 cm³/mol. The van der Waals surface area contributed by atoms with E-state index in [1.807, 2.05) is 0 Å². The molecule has 0 saturated heterocycles. The van der Waals surface area contributed by atoms with Crippen LogP contribution in [0, 0.1) is 0 Å². The molecule has 0 aliphatic heterocycles. The minimum atomic E-state index is -4.50. The number of benzene rings is 3. The summed E-state index contributed by atoms with van der Waals surface area (Å²) >= 11 is 0. The van der Waals surface area contributed by atoms with Gasteiger partial charge >= 0.3 is 6.18 Å². The summed E-state index contributed by atoms with van der Waals surface area (Å²) in [4.78, 5) is 0. The normalized spacial score (nSPS) is 11.7. The van der Waals surface area contributed by atoms with Crippen molar-refractivity contribution >= 4 is 10.8 Å². The molecule has 0 spiro atoms. The van der Waals surface area contributed by atoms with E-state index in [2.05, 4.69) is 0 Å².